The summed E-state index contributed by atoms with van der Waals surface area (Å²) in [6, 6.07) is 4.38. The van der Waals surface area contributed by atoms with E-state index in [1.807, 2.05) is 0 Å². The van der Waals surface area contributed by atoms with E-state index in [1.54, 1.807) is 0 Å². The van der Waals surface area contributed by atoms with Crippen LogP contribution in [0.2, 0.25) is 0 Å². The van der Waals surface area contributed by atoms with Crippen LogP contribution in [0.1, 0.15) is 62.6 Å². The molecule has 0 radical (unpaired) electrons. The quantitative estimate of drug-likeness (QED) is 0.669. The summed E-state index contributed by atoms with van der Waals surface area (Å²) in [5.41, 5.74) is 4.21. The van der Waals surface area contributed by atoms with Gasteiger partial charge in [-0.2, -0.15) is 0 Å². The number of benzene rings is 1. The van der Waals surface area contributed by atoms with E-state index in [9.17, 15) is 0 Å². The van der Waals surface area contributed by atoms with Gasteiger partial charge in [0.05, 0.1) is 18.8 Å². The molecule has 2 nitrogen and oxygen atoms in total. The summed E-state index contributed by atoms with van der Waals surface area (Å²) in [7, 11) is 0. The normalized spacial score (nSPS) is 22.6. The van der Waals surface area contributed by atoms with Crippen molar-refractivity contribution in [2.45, 2.75) is 72.0 Å². The van der Waals surface area contributed by atoms with Gasteiger partial charge in [0.15, 0.2) is 0 Å². The van der Waals surface area contributed by atoms with Crippen molar-refractivity contribution in [2.75, 3.05) is 6.61 Å². The number of hydrogen-bond acceptors (Lipinski definition) is 2. The van der Waals surface area contributed by atoms with E-state index in [-0.39, 0.29) is 0 Å². The first-order chi connectivity index (χ1) is 9.56. The molecule has 1 fully saturated rings. The van der Waals surface area contributed by atoms with E-state index in [1.165, 1.54) is 23.1 Å². The Balaban J connectivity index is 2.16. The standard InChI is InChI=1S/C18H28O2/c1-6-8-19-16-9-12(3)18(13(4)10-16)15(7-2)11-17-14(5)20-17/h9-10,14-15,17H,6-8,11H2,1-5H3. The van der Waals surface area contributed by atoms with E-state index < -0.39 is 0 Å². The Hall–Kier alpha value is -1.02. The molecule has 0 bridgehead atoms. The second-order valence-electron chi connectivity index (χ2n) is 6.04. The molecule has 1 saturated heterocycles. The Morgan fingerprint density at radius 3 is 2.25 bits per heavy atom. The van der Waals surface area contributed by atoms with Crippen molar-refractivity contribution in [3.8, 4) is 5.75 Å². The van der Waals surface area contributed by atoms with Crippen molar-refractivity contribution in [1.82, 2.24) is 0 Å². The molecule has 1 aliphatic heterocycles. The summed E-state index contributed by atoms with van der Waals surface area (Å²) in [4.78, 5) is 0. The van der Waals surface area contributed by atoms with Crippen LogP contribution in [0.25, 0.3) is 0 Å². The molecule has 3 atom stereocenters. The van der Waals surface area contributed by atoms with Crippen LogP contribution in [-0.2, 0) is 4.74 Å². The van der Waals surface area contributed by atoms with Gasteiger partial charge in [0.25, 0.3) is 0 Å². The van der Waals surface area contributed by atoms with Gasteiger partial charge in [-0.05, 0) is 74.8 Å². The Labute approximate surface area is 123 Å². The van der Waals surface area contributed by atoms with E-state index in [2.05, 4.69) is 46.8 Å². The number of epoxide rings is 1. The first kappa shape index (κ1) is 15.4. The predicted molar refractivity (Wildman–Crippen MR) is 83.7 cm³/mol. The third kappa shape index (κ3) is 3.54. The fourth-order valence-corrected chi connectivity index (χ4v) is 3.13. The molecule has 0 spiro atoms. The van der Waals surface area contributed by atoms with Crippen LogP contribution in [0.4, 0.5) is 0 Å². The average Bonchev–Trinajstić information content (AvgIpc) is 3.09. The van der Waals surface area contributed by atoms with Gasteiger partial charge in [0.2, 0.25) is 0 Å². The van der Waals surface area contributed by atoms with Gasteiger partial charge in [0, 0.05) is 0 Å². The molecule has 0 saturated carbocycles. The van der Waals surface area contributed by atoms with Crippen molar-refractivity contribution in [3.05, 3.63) is 28.8 Å². The highest BCUT2D eigenvalue weighted by Gasteiger charge is 2.36. The maximum absolute atomic E-state index is 5.77. The second kappa shape index (κ2) is 6.62. The summed E-state index contributed by atoms with van der Waals surface area (Å²) < 4.78 is 11.4. The second-order valence-corrected chi connectivity index (χ2v) is 6.04. The van der Waals surface area contributed by atoms with Crippen LogP contribution < -0.4 is 4.74 Å². The largest absolute Gasteiger partial charge is 0.494 e. The summed E-state index contributed by atoms with van der Waals surface area (Å²) in [6.07, 6.45) is 4.29. The zero-order chi connectivity index (χ0) is 14.7. The van der Waals surface area contributed by atoms with Crippen LogP contribution in [0.5, 0.6) is 5.75 Å². The van der Waals surface area contributed by atoms with Gasteiger partial charge in [0.1, 0.15) is 5.75 Å². The van der Waals surface area contributed by atoms with Crippen molar-refractivity contribution in [3.63, 3.8) is 0 Å². The lowest BCUT2D eigenvalue weighted by atomic mass is 9.85. The first-order valence-corrected chi connectivity index (χ1v) is 7.96. The van der Waals surface area contributed by atoms with Crippen molar-refractivity contribution >= 4 is 0 Å². The SMILES string of the molecule is CCCOc1cc(C)c(C(CC)CC2OC2C)c(C)c1. The predicted octanol–water partition coefficient (Wildman–Crippen LogP) is 4.76. The van der Waals surface area contributed by atoms with E-state index in [4.69, 9.17) is 9.47 Å². The first-order valence-electron chi connectivity index (χ1n) is 7.96. The smallest absolute Gasteiger partial charge is 0.119 e. The van der Waals surface area contributed by atoms with Crippen molar-refractivity contribution in [1.29, 1.82) is 0 Å². The number of ether oxygens (including phenoxy) is 2. The van der Waals surface area contributed by atoms with Crippen LogP contribution in [0.15, 0.2) is 12.1 Å². The molecule has 112 valence electrons. The lowest BCUT2D eigenvalue weighted by Crippen LogP contribution is -2.08. The molecule has 0 aromatic heterocycles. The molecule has 1 aromatic rings. The fourth-order valence-electron chi connectivity index (χ4n) is 3.13. The van der Waals surface area contributed by atoms with E-state index >= 15 is 0 Å². The summed E-state index contributed by atoms with van der Waals surface area (Å²) >= 11 is 0. The molecule has 1 aliphatic rings. The Bertz CT molecular complexity index is 430. The van der Waals surface area contributed by atoms with Gasteiger partial charge in [-0.3, -0.25) is 0 Å². The minimum absolute atomic E-state index is 0.455. The minimum Gasteiger partial charge on any atom is -0.494 e. The molecule has 1 heterocycles. The molecular weight excluding hydrogens is 248 g/mol. The molecule has 3 unspecified atom stereocenters. The molecule has 20 heavy (non-hydrogen) atoms. The van der Waals surface area contributed by atoms with Crippen LogP contribution in [0, 0.1) is 13.8 Å². The summed E-state index contributed by atoms with van der Waals surface area (Å²) in [5, 5.41) is 0. The zero-order valence-electron chi connectivity index (χ0n) is 13.5. The van der Waals surface area contributed by atoms with E-state index in [0.717, 1.165) is 25.2 Å². The lowest BCUT2D eigenvalue weighted by Gasteiger charge is -2.21. The Morgan fingerprint density at radius 2 is 1.80 bits per heavy atom. The maximum atomic E-state index is 5.77. The van der Waals surface area contributed by atoms with Gasteiger partial charge in [-0.1, -0.05) is 13.8 Å². The molecule has 0 N–H and O–H groups in total. The van der Waals surface area contributed by atoms with Crippen LogP contribution in [-0.4, -0.2) is 18.8 Å². The van der Waals surface area contributed by atoms with E-state index in [0.29, 0.717) is 18.1 Å². The Kier molecular flexibility index (Phi) is 5.09. The summed E-state index contributed by atoms with van der Waals surface area (Å²) in [5.74, 6) is 1.61. The van der Waals surface area contributed by atoms with Crippen molar-refractivity contribution in [2.24, 2.45) is 0 Å². The fraction of sp³-hybridized carbons (Fsp3) is 0.667. The molecular formula is C18H28O2. The van der Waals surface area contributed by atoms with Crippen molar-refractivity contribution < 1.29 is 9.47 Å². The molecule has 0 aliphatic carbocycles. The molecule has 0 amide bonds. The molecule has 2 heteroatoms. The number of aryl methyl sites for hydroxylation is 2. The number of rotatable bonds is 7. The number of hydrogen-bond donors (Lipinski definition) is 0. The molecule has 1 aromatic carbocycles. The van der Waals surface area contributed by atoms with Gasteiger partial charge < -0.3 is 9.47 Å². The average molecular weight is 276 g/mol. The Morgan fingerprint density at radius 1 is 1.20 bits per heavy atom. The van der Waals surface area contributed by atoms with Crippen LogP contribution >= 0.6 is 0 Å². The van der Waals surface area contributed by atoms with Crippen LogP contribution in [0.3, 0.4) is 0 Å². The summed E-state index contributed by atoms with van der Waals surface area (Å²) in [6.45, 7) is 11.8. The topological polar surface area (TPSA) is 21.8 Å². The highest BCUT2D eigenvalue weighted by Crippen LogP contribution is 2.38. The monoisotopic (exact) mass is 276 g/mol. The highest BCUT2D eigenvalue weighted by atomic mass is 16.6. The van der Waals surface area contributed by atoms with Gasteiger partial charge in [-0.25, -0.2) is 0 Å². The third-order valence-electron chi connectivity index (χ3n) is 4.29. The van der Waals surface area contributed by atoms with Gasteiger partial charge in [-0.15, -0.1) is 0 Å². The lowest BCUT2D eigenvalue weighted by molar-refractivity contribution is 0.316. The minimum atomic E-state index is 0.455. The maximum Gasteiger partial charge on any atom is 0.119 e. The molecule has 2 rings (SSSR count). The zero-order valence-corrected chi connectivity index (χ0v) is 13.5. The van der Waals surface area contributed by atoms with Gasteiger partial charge >= 0.3 is 0 Å². The highest BCUT2D eigenvalue weighted by molar-refractivity contribution is 5.43. The third-order valence-corrected chi connectivity index (χ3v) is 4.29.